The number of fused-ring (bicyclic) bond motifs is 1. The van der Waals surface area contributed by atoms with E-state index in [2.05, 4.69) is 20.4 Å². The van der Waals surface area contributed by atoms with Gasteiger partial charge in [-0.2, -0.15) is 0 Å². The molecule has 1 N–H and O–H groups in total. The summed E-state index contributed by atoms with van der Waals surface area (Å²) in [5.41, 5.74) is 2.23. The lowest BCUT2D eigenvalue weighted by Gasteiger charge is -2.13. The maximum Gasteiger partial charge on any atom is 0.231 e. The minimum atomic E-state index is 0.0677. The maximum absolute atomic E-state index is 13.2. The van der Waals surface area contributed by atoms with E-state index < -0.39 is 0 Å². The summed E-state index contributed by atoms with van der Waals surface area (Å²) in [6, 6.07) is 9.35. The van der Waals surface area contributed by atoms with Crippen LogP contribution in [-0.2, 0) is 0 Å². The second-order valence-corrected chi connectivity index (χ2v) is 5.70. The highest BCUT2D eigenvalue weighted by molar-refractivity contribution is 5.61. The lowest BCUT2D eigenvalue weighted by atomic mass is 10.2. The van der Waals surface area contributed by atoms with Gasteiger partial charge in [0.15, 0.2) is 5.65 Å². The van der Waals surface area contributed by atoms with E-state index in [1.807, 2.05) is 24.3 Å². The first kappa shape index (κ1) is 14.8. The van der Waals surface area contributed by atoms with Crippen molar-refractivity contribution in [1.82, 2.24) is 24.7 Å². The van der Waals surface area contributed by atoms with Crippen LogP contribution in [0.2, 0.25) is 0 Å². The third-order valence-corrected chi connectivity index (χ3v) is 4.05. The second kappa shape index (κ2) is 6.04. The number of hydrogen-bond acceptors (Lipinski definition) is 6. The summed E-state index contributed by atoms with van der Waals surface area (Å²) in [5, 5.41) is 8.49. The summed E-state index contributed by atoms with van der Waals surface area (Å²) in [4.78, 5) is 8.96. The minimum Gasteiger partial charge on any atom is -0.480 e. The number of rotatable bonds is 4. The van der Waals surface area contributed by atoms with Gasteiger partial charge in [0.05, 0.1) is 19.0 Å². The zero-order valence-corrected chi connectivity index (χ0v) is 13.2. The van der Waals surface area contributed by atoms with Crippen LogP contribution in [0.5, 0.6) is 5.88 Å². The molecule has 0 aliphatic carbocycles. The maximum atomic E-state index is 13.2. The van der Waals surface area contributed by atoms with Crippen molar-refractivity contribution in [2.45, 2.75) is 12.5 Å². The molecule has 1 atom stereocenters. The SMILES string of the molecule is COc1ccc2ncc(-c3cccc(NC4CCN(F)C4)n3)n2n1. The summed E-state index contributed by atoms with van der Waals surface area (Å²) >= 11 is 0. The lowest BCUT2D eigenvalue weighted by Crippen LogP contribution is -2.22. The van der Waals surface area contributed by atoms with Gasteiger partial charge in [0.2, 0.25) is 5.88 Å². The van der Waals surface area contributed by atoms with Gasteiger partial charge in [-0.1, -0.05) is 6.07 Å². The van der Waals surface area contributed by atoms with Crippen molar-refractivity contribution in [3.05, 3.63) is 36.5 Å². The molecule has 1 unspecified atom stereocenters. The van der Waals surface area contributed by atoms with Crippen molar-refractivity contribution in [1.29, 1.82) is 0 Å². The molecule has 1 aliphatic rings. The molecule has 0 aromatic carbocycles. The number of hydrogen-bond donors (Lipinski definition) is 1. The van der Waals surface area contributed by atoms with Crippen molar-refractivity contribution >= 4 is 11.5 Å². The molecule has 3 aromatic rings. The molecular weight excluding hydrogens is 311 g/mol. The molecule has 1 aliphatic heterocycles. The summed E-state index contributed by atoms with van der Waals surface area (Å²) in [6.07, 6.45) is 2.49. The van der Waals surface area contributed by atoms with Crippen LogP contribution in [0.3, 0.4) is 0 Å². The van der Waals surface area contributed by atoms with E-state index in [0.29, 0.717) is 24.8 Å². The van der Waals surface area contributed by atoms with Crippen LogP contribution in [0.25, 0.3) is 17.0 Å². The Morgan fingerprint density at radius 3 is 3.00 bits per heavy atom. The Bertz CT molecular complexity index is 867. The number of nitrogens with one attached hydrogen (secondary N) is 1. The predicted molar refractivity (Wildman–Crippen MR) is 87.5 cm³/mol. The number of pyridine rings is 1. The molecule has 7 nitrogen and oxygen atoms in total. The number of nitrogens with zero attached hydrogens (tertiary/aromatic N) is 5. The number of imidazole rings is 1. The Balaban J connectivity index is 1.66. The molecule has 4 rings (SSSR count). The average molecular weight is 328 g/mol. The molecule has 8 heteroatoms. The monoisotopic (exact) mass is 328 g/mol. The fraction of sp³-hybridized carbons (Fsp3) is 0.312. The van der Waals surface area contributed by atoms with Crippen LogP contribution in [0.15, 0.2) is 36.5 Å². The molecule has 24 heavy (non-hydrogen) atoms. The Kier molecular flexibility index (Phi) is 3.73. The van der Waals surface area contributed by atoms with E-state index in [1.165, 1.54) is 0 Å². The van der Waals surface area contributed by atoms with Gasteiger partial charge in [0, 0.05) is 25.2 Å². The topological polar surface area (TPSA) is 67.6 Å². The molecule has 1 fully saturated rings. The lowest BCUT2D eigenvalue weighted by molar-refractivity contribution is 0.0564. The van der Waals surface area contributed by atoms with Crippen molar-refractivity contribution in [3.63, 3.8) is 0 Å². The van der Waals surface area contributed by atoms with E-state index in [4.69, 9.17) is 4.74 Å². The molecule has 0 saturated carbocycles. The Morgan fingerprint density at radius 2 is 2.21 bits per heavy atom. The van der Waals surface area contributed by atoms with E-state index in [1.54, 1.807) is 23.9 Å². The van der Waals surface area contributed by atoms with Crippen LogP contribution in [0.1, 0.15) is 6.42 Å². The fourth-order valence-corrected chi connectivity index (χ4v) is 2.84. The smallest absolute Gasteiger partial charge is 0.231 e. The molecule has 0 radical (unpaired) electrons. The van der Waals surface area contributed by atoms with Gasteiger partial charge in [-0.3, -0.25) is 0 Å². The molecule has 124 valence electrons. The van der Waals surface area contributed by atoms with Crippen LogP contribution >= 0.6 is 0 Å². The quantitative estimate of drug-likeness (QED) is 0.741. The second-order valence-electron chi connectivity index (χ2n) is 5.70. The van der Waals surface area contributed by atoms with Crippen LogP contribution in [0.4, 0.5) is 10.3 Å². The normalized spacial score (nSPS) is 18.2. The third-order valence-electron chi connectivity index (χ3n) is 4.05. The van der Waals surface area contributed by atoms with Crippen molar-refractivity contribution in [2.24, 2.45) is 0 Å². The summed E-state index contributed by atoms with van der Waals surface area (Å²) in [7, 11) is 1.57. The highest BCUT2D eigenvalue weighted by atomic mass is 19.2. The highest BCUT2D eigenvalue weighted by Gasteiger charge is 2.22. The van der Waals surface area contributed by atoms with Gasteiger partial charge in [-0.05, 0) is 24.6 Å². The van der Waals surface area contributed by atoms with E-state index >= 15 is 0 Å². The van der Waals surface area contributed by atoms with Gasteiger partial charge in [0.25, 0.3) is 0 Å². The molecule has 0 spiro atoms. The predicted octanol–water partition coefficient (Wildman–Crippen LogP) is 2.17. The number of halogens is 1. The zero-order valence-electron chi connectivity index (χ0n) is 13.2. The first-order valence-electron chi connectivity index (χ1n) is 7.76. The fourth-order valence-electron chi connectivity index (χ4n) is 2.84. The van der Waals surface area contributed by atoms with Crippen LogP contribution in [0, 0.1) is 0 Å². The first-order valence-corrected chi connectivity index (χ1v) is 7.76. The molecule has 0 bridgehead atoms. The Morgan fingerprint density at radius 1 is 1.29 bits per heavy atom. The van der Waals surface area contributed by atoms with Gasteiger partial charge in [0.1, 0.15) is 11.5 Å². The number of aromatic nitrogens is 4. The molecule has 1 saturated heterocycles. The van der Waals surface area contributed by atoms with Gasteiger partial charge in [-0.15, -0.1) is 14.7 Å². The van der Waals surface area contributed by atoms with Crippen molar-refractivity contribution < 1.29 is 9.22 Å². The number of methoxy groups -OCH3 is 1. The minimum absolute atomic E-state index is 0.0677. The van der Waals surface area contributed by atoms with Crippen LogP contribution < -0.4 is 10.1 Å². The van der Waals surface area contributed by atoms with E-state index in [9.17, 15) is 4.48 Å². The highest BCUT2D eigenvalue weighted by Crippen LogP contribution is 2.22. The average Bonchev–Trinajstić information content (AvgIpc) is 3.20. The van der Waals surface area contributed by atoms with E-state index in [0.717, 1.165) is 28.6 Å². The van der Waals surface area contributed by atoms with Crippen molar-refractivity contribution in [3.8, 4) is 17.3 Å². The zero-order chi connectivity index (χ0) is 16.5. The summed E-state index contributed by atoms with van der Waals surface area (Å²) in [5.74, 6) is 1.22. The van der Waals surface area contributed by atoms with E-state index in [-0.39, 0.29) is 6.04 Å². The Hall–Kier alpha value is -2.74. The van der Waals surface area contributed by atoms with Crippen molar-refractivity contribution in [2.75, 3.05) is 25.5 Å². The van der Waals surface area contributed by atoms with Crippen LogP contribution in [-0.4, -0.2) is 50.9 Å². The largest absolute Gasteiger partial charge is 0.480 e. The number of anilines is 1. The van der Waals surface area contributed by atoms with Gasteiger partial charge >= 0.3 is 0 Å². The van der Waals surface area contributed by atoms with Gasteiger partial charge in [-0.25, -0.2) is 14.5 Å². The number of ether oxygens (including phenoxy) is 1. The first-order chi connectivity index (χ1) is 11.7. The summed E-state index contributed by atoms with van der Waals surface area (Å²) < 4.78 is 20.0. The molecule has 0 amide bonds. The summed E-state index contributed by atoms with van der Waals surface area (Å²) in [6.45, 7) is 0.828. The Labute approximate surface area is 138 Å². The molecular formula is C16H17FN6O. The van der Waals surface area contributed by atoms with Gasteiger partial charge < -0.3 is 10.1 Å². The third kappa shape index (κ3) is 2.76. The molecule has 4 heterocycles. The molecule has 3 aromatic heterocycles. The standard InChI is InChI=1S/C16H17FN6O/c1-24-16-6-5-15-18-9-13(23(15)21-16)12-3-2-4-14(20-12)19-11-7-8-22(17)10-11/h2-6,9,11H,7-8,10H2,1H3,(H,19,20).